The molecule has 0 bridgehead atoms. The van der Waals surface area contributed by atoms with Crippen LogP contribution in [0.4, 0.5) is 8.78 Å². The van der Waals surface area contributed by atoms with Crippen LogP contribution in [0.2, 0.25) is 0 Å². The number of hydrogen-bond acceptors (Lipinski definition) is 3. The first-order chi connectivity index (χ1) is 8.82. The Labute approximate surface area is 113 Å². The Bertz CT molecular complexity index is 398. The van der Waals surface area contributed by atoms with Gasteiger partial charge < -0.3 is 4.74 Å². The molecule has 1 aromatic carbocycles. The third-order valence-electron chi connectivity index (χ3n) is 2.99. The van der Waals surface area contributed by atoms with E-state index in [2.05, 4.69) is 5.43 Å². The third-order valence-corrected chi connectivity index (χ3v) is 2.99. The largest absolute Gasteiger partial charge is 0.376 e. The summed E-state index contributed by atoms with van der Waals surface area (Å²) in [4.78, 5) is 0. The van der Waals surface area contributed by atoms with Gasteiger partial charge in [-0.25, -0.2) is 8.78 Å². The summed E-state index contributed by atoms with van der Waals surface area (Å²) in [6, 6.07) is 3.01. The van der Waals surface area contributed by atoms with E-state index in [0.717, 1.165) is 0 Å². The first-order valence-electron chi connectivity index (χ1n) is 6.34. The highest BCUT2D eigenvalue weighted by Crippen LogP contribution is 2.34. The van der Waals surface area contributed by atoms with Crippen molar-refractivity contribution in [1.29, 1.82) is 0 Å². The van der Waals surface area contributed by atoms with Gasteiger partial charge in [-0.2, -0.15) is 0 Å². The van der Waals surface area contributed by atoms with Crippen LogP contribution in [0.5, 0.6) is 0 Å². The molecule has 0 aromatic heterocycles. The summed E-state index contributed by atoms with van der Waals surface area (Å²) in [5.41, 5.74) is 2.08. The molecule has 0 radical (unpaired) electrons. The molecule has 0 spiro atoms. The molecule has 1 aromatic rings. The van der Waals surface area contributed by atoms with Crippen LogP contribution in [0.1, 0.15) is 39.3 Å². The Morgan fingerprint density at radius 2 is 1.79 bits per heavy atom. The van der Waals surface area contributed by atoms with Gasteiger partial charge in [-0.3, -0.25) is 11.3 Å². The van der Waals surface area contributed by atoms with E-state index in [1.807, 2.05) is 27.7 Å². The van der Waals surface area contributed by atoms with Gasteiger partial charge in [0, 0.05) is 12.2 Å². The van der Waals surface area contributed by atoms with Gasteiger partial charge in [-0.05, 0) is 24.5 Å². The van der Waals surface area contributed by atoms with Crippen LogP contribution in [0.3, 0.4) is 0 Å². The van der Waals surface area contributed by atoms with Gasteiger partial charge >= 0.3 is 0 Å². The van der Waals surface area contributed by atoms with Crippen molar-refractivity contribution in [3.8, 4) is 0 Å². The molecule has 0 heterocycles. The van der Waals surface area contributed by atoms with E-state index in [0.29, 0.717) is 6.61 Å². The lowest BCUT2D eigenvalue weighted by Crippen LogP contribution is -2.45. The minimum Gasteiger partial charge on any atom is -0.376 e. The van der Waals surface area contributed by atoms with Crippen molar-refractivity contribution < 1.29 is 13.5 Å². The zero-order chi connectivity index (χ0) is 14.6. The predicted molar refractivity (Wildman–Crippen MR) is 71.3 cm³/mol. The van der Waals surface area contributed by atoms with Crippen molar-refractivity contribution in [2.45, 2.75) is 39.8 Å². The highest BCUT2D eigenvalue weighted by atomic mass is 19.1. The second-order valence-electron chi connectivity index (χ2n) is 5.52. The maximum atomic E-state index is 13.9. The molecule has 19 heavy (non-hydrogen) atoms. The molecule has 2 atom stereocenters. The summed E-state index contributed by atoms with van der Waals surface area (Å²) in [7, 11) is 0. The Balaban J connectivity index is 3.24. The molecule has 0 aliphatic rings. The van der Waals surface area contributed by atoms with Crippen LogP contribution in [0.25, 0.3) is 0 Å². The molecule has 1 rings (SSSR count). The van der Waals surface area contributed by atoms with Crippen LogP contribution in [0, 0.1) is 17.0 Å². The Hall–Kier alpha value is -1.04. The van der Waals surface area contributed by atoms with Crippen LogP contribution in [0.15, 0.2) is 18.2 Å². The molecule has 0 fully saturated rings. The topological polar surface area (TPSA) is 47.3 Å². The van der Waals surface area contributed by atoms with E-state index in [1.54, 1.807) is 0 Å². The minimum absolute atomic E-state index is 0.0848. The molecule has 2 unspecified atom stereocenters. The van der Waals surface area contributed by atoms with Crippen LogP contribution >= 0.6 is 0 Å². The highest BCUT2D eigenvalue weighted by Gasteiger charge is 2.36. The average molecular weight is 272 g/mol. The smallest absolute Gasteiger partial charge is 0.131 e. The van der Waals surface area contributed by atoms with Crippen molar-refractivity contribution in [3.63, 3.8) is 0 Å². The fourth-order valence-electron chi connectivity index (χ4n) is 2.16. The fourth-order valence-corrected chi connectivity index (χ4v) is 2.16. The second kappa shape index (κ2) is 6.41. The van der Waals surface area contributed by atoms with Gasteiger partial charge in [-0.15, -0.1) is 0 Å². The van der Waals surface area contributed by atoms with E-state index in [-0.39, 0.29) is 11.0 Å². The molecule has 0 aliphatic heterocycles. The number of nitrogens with one attached hydrogen (secondary N) is 1. The van der Waals surface area contributed by atoms with Crippen molar-refractivity contribution in [2.75, 3.05) is 6.61 Å². The lowest BCUT2D eigenvalue weighted by molar-refractivity contribution is -0.0380. The van der Waals surface area contributed by atoms with E-state index < -0.39 is 23.8 Å². The standard InChI is InChI=1S/C14H22F2N2O/c1-5-19-13(14(2,3)4)12(18-17)11-9(15)7-6-8-10(11)16/h6-8,12-13,18H,5,17H2,1-4H3. The molecule has 0 saturated heterocycles. The SMILES string of the molecule is CCOC(C(NN)c1c(F)cccc1F)C(C)(C)C. The number of ether oxygens (including phenoxy) is 1. The normalized spacial score (nSPS) is 15.3. The number of rotatable bonds is 5. The maximum absolute atomic E-state index is 13.9. The first-order valence-corrected chi connectivity index (χ1v) is 6.34. The molecule has 5 heteroatoms. The maximum Gasteiger partial charge on any atom is 0.131 e. The summed E-state index contributed by atoms with van der Waals surface area (Å²) in [5.74, 6) is 4.25. The number of nitrogens with two attached hydrogens (primary N) is 1. The Morgan fingerprint density at radius 3 is 2.16 bits per heavy atom. The van der Waals surface area contributed by atoms with Crippen LogP contribution < -0.4 is 11.3 Å². The Morgan fingerprint density at radius 1 is 1.26 bits per heavy atom. The minimum atomic E-state index is -0.749. The third kappa shape index (κ3) is 3.72. The molecule has 0 saturated carbocycles. The monoisotopic (exact) mass is 272 g/mol. The average Bonchev–Trinajstić information content (AvgIpc) is 2.30. The lowest BCUT2D eigenvalue weighted by Gasteiger charge is -2.36. The van der Waals surface area contributed by atoms with Crippen molar-refractivity contribution in [1.82, 2.24) is 5.43 Å². The van der Waals surface area contributed by atoms with Crippen molar-refractivity contribution in [3.05, 3.63) is 35.4 Å². The van der Waals surface area contributed by atoms with Crippen molar-refractivity contribution in [2.24, 2.45) is 11.3 Å². The zero-order valence-corrected chi connectivity index (χ0v) is 11.8. The van der Waals surface area contributed by atoms with Gasteiger partial charge in [0.05, 0.1) is 12.1 Å². The lowest BCUT2D eigenvalue weighted by atomic mass is 9.82. The summed E-state index contributed by atoms with van der Waals surface area (Å²) >= 11 is 0. The molecule has 0 aliphatic carbocycles. The summed E-state index contributed by atoms with van der Waals surface area (Å²) < 4.78 is 33.4. The molecule has 3 nitrogen and oxygen atoms in total. The molecule has 3 N–H and O–H groups in total. The van der Waals surface area contributed by atoms with E-state index in [4.69, 9.17) is 10.6 Å². The zero-order valence-electron chi connectivity index (χ0n) is 11.8. The quantitative estimate of drug-likeness (QED) is 0.640. The van der Waals surface area contributed by atoms with Gasteiger partial charge in [0.2, 0.25) is 0 Å². The van der Waals surface area contributed by atoms with E-state index in [9.17, 15) is 8.78 Å². The number of halogens is 2. The van der Waals surface area contributed by atoms with E-state index in [1.165, 1.54) is 18.2 Å². The second-order valence-corrected chi connectivity index (χ2v) is 5.52. The molecule has 0 amide bonds. The number of hydrogen-bond donors (Lipinski definition) is 2. The molecule has 108 valence electrons. The first kappa shape index (κ1) is 16.0. The summed E-state index contributed by atoms with van der Waals surface area (Å²) in [5, 5.41) is 0. The summed E-state index contributed by atoms with van der Waals surface area (Å²) in [6.07, 6.45) is -0.450. The predicted octanol–water partition coefficient (Wildman–Crippen LogP) is 2.92. The van der Waals surface area contributed by atoms with Gasteiger partial charge in [0.15, 0.2) is 0 Å². The highest BCUT2D eigenvalue weighted by molar-refractivity contribution is 5.25. The van der Waals surface area contributed by atoms with Gasteiger partial charge in [-0.1, -0.05) is 26.8 Å². The van der Waals surface area contributed by atoms with Crippen LogP contribution in [-0.2, 0) is 4.74 Å². The number of hydrazine groups is 1. The number of benzene rings is 1. The van der Waals surface area contributed by atoms with Gasteiger partial charge in [0.25, 0.3) is 0 Å². The van der Waals surface area contributed by atoms with Crippen LogP contribution in [-0.4, -0.2) is 12.7 Å². The molecular weight excluding hydrogens is 250 g/mol. The van der Waals surface area contributed by atoms with Gasteiger partial charge in [0.1, 0.15) is 11.6 Å². The Kier molecular flexibility index (Phi) is 5.40. The fraction of sp³-hybridized carbons (Fsp3) is 0.571. The van der Waals surface area contributed by atoms with E-state index >= 15 is 0 Å². The molecular formula is C14H22F2N2O. The van der Waals surface area contributed by atoms with Crippen molar-refractivity contribution >= 4 is 0 Å². The summed E-state index contributed by atoms with van der Waals surface area (Å²) in [6.45, 7) is 8.10.